The zero-order chi connectivity index (χ0) is 15.0. The fourth-order valence-electron chi connectivity index (χ4n) is 2.50. The Bertz CT molecular complexity index is 806. The van der Waals surface area contributed by atoms with Crippen molar-refractivity contribution in [2.45, 2.75) is 26.8 Å². The van der Waals surface area contributed by atoms with Crippen LogP contribution < -0.4 is 0 Å². The minimum absolute atomic E-state index is 0.00365. The molecule has 108 valence electrons. The van der Waals surface area contributed by atoms with Gasteiger partial charge in [0.1, 0.15) is 0 Å². The van der Waals surface area contributed by atoms with E-state index in [9.17, 15) is 4.79 Å². The van der Waals surface area contributed by atoms with Crippen LogP contribution in [0.1, 0.15) is 22.4 Å². The van der Waals surface area contributed by atoms with Crippen molar-refractivity contribution >= 4 is 28.3 Å². The normalized spacial score (nSPS) is 11.1. The van der Waals surface area contributed by atoms with E-state index in [1.54, 1.807) is 17.5 Å². The molecule has 0 atom stereocenters. The van der Waals surface area contributed by atoms with E-state index in [1.165, 1.54) is 5.56 Å². The quantitative estimate of drug-likeness (QED) is 0.804. The molecule has 5 nitrogen and oxygen atoms in total. The lowest BCUT2D eigenvalue weighted by molar-refractivity contribution is -0.136. The van der Waals surface area contributed by atoms with Crippen molar-refractivity contribution in [1.82, 2.24) is 14.8 Å². The zero-order valence-electron chi connectivity index (χ0n) is 11.8. The summed E-state index contributed by atoms with van der Waals surface area (Å²) in [4.78, 5) is 15.5. The second-order valence-electron chi connectivity index (χ2n) is 5.04. The van der Waals surface area contributed by atoms with E-state index in [1.807, 2.05) is 23.9 Å². The molecular formula is C15H15N3O2S. The van der Waals surface area contributed by atoms with Crippen molar-refractivity contribution in [3.8, 4) is 0 Å². The third-order valence-electron chi connectivity index (χ3n) is 3.62. The molecule has 0 saturated carbocycles. The van der Waals surface area contributed by atoms with Crippen LogP contribution in [0, 0.1) is 13.8 Å². The van der Waals surface area contributed by atoms with Crippen LogP contribution in [0.25, 0.3) is 11.0 Å². The van der Waals surface area contributed by atoms with Gasteiger partial charge in [0.15, 0.2) is 5.65 Å². The second-order valence-corrected chi connectivity index (χ2v) is 5.82. The van der Waals surface area contributed by atoms with E-state index in [0.717, 1.165) is 27.9 Å². The van der Waals surface area contributed by atoms with E-state index in [-0.39, 0.29) is 6.42 Å². The van der Waals surface area contributed by atoms with Crippen molar-refractivity contribution in [2.24, 2.45) is 0 Å². The first-order chi connectivity index (χ1) is 10.1. The summed E-state index contributed by atoms with van der Waals surface area (Å²) in [5.41, 5.74) is 4.50. The summed E-state index contributed by atoms with van der Waals surface area (Å²) in [6.45, 7) is 4.47. The Kier molecular flexibility index (Phi) is 3.47. The standard InChI is InChI=1S/C15H15N3O2S/c1-9-12(5-14(19)20)10(2)17-15-13(9)6-16-18(15)7-11-3-4-21-8-11/h3-4,6,8H,5,7H2,1-2H3,(H,19,20). The summed E-state index contributed by atoms with van der Waals surface area (Å²) >= 11 is 1.66. The molecule has 0 spiro atoms. The van der Waals surface area contributed by atoms with Gasteiger partial charge < -0.3 is 5.11 Å². The number of carbonyl (C=O) groups is 1. The molecule has 3 aromatic heterocycles. The van der Waals surface area contributed by atoms with E-state index in [0.29, 0.717) is 6.54 Å². The van der Waals surface area contributed by atoms with Crippen LogP contribution in [0.4, 0.5) is 0 Å². The molecule has 0 fully saturated rings. The number of aliphatic carboxylic acids is 1. The highest BCUT2D eigenvalue weighted by molar-refractivity contribution is 7.07. The molecular weight excluding hydrogens is 286 g/mol. The lowest BCUT2D eigenvalue weighted by Crippen LogP contribution is -2.08. The maximum absolute atomic E-state index is 11.0. The Balaban J connectivity index is 2.08. The molecule has 0 aliphatic rings. The fraction of sp³-hybridized carbons (Fsp3) is 0.267. The third kappa shape index (κ3) is 2.54. The highest BCUT2D eigenvalue weighted by atomic mass is 32.1. The minimum Gasteiger partial charge on any atom is -0.481 e. The van der Waals surface area contributed by atoms with Gasteiger partial charge in [-0.15, -0.1) is 0 Å². The van der Waals surface area contributed by atoms with Crippen LogP contribution in [0.5, 0.6) is 0 Å². The van der Waals surface area contributed by atoms with E-state index in [2.05, 4.69) is 21.5 Å². The number of thiophene rings is 1. The maximum atomic E-state index is 11.0. The Labute approximate surface area is 125 Å². The first kappa shape index (κ1) is 13.8. The Hall–Kier alpha value is -2.21. The molecule has 0 aliphatic heterocycles. The monoisotopic (exact) mass is 301 g/mol. The van der Waals surface area contributed by atoms with Gasteiger partial charge >= 0.3 is 5.97 Å². The van der Waals surface area contributed by atoms with Crippen LogP contribution in [0.15, 0.2) is 23.0 Å². The predicted molar refractivity (Wildman–Crippen MR) is 81.8 cm³/mol. The number of aryl methyl sites for hydroxylation is 2. The first-order valence-corrected chi connectivity index (χ1v) is 7.55. The summed E-state index contributed by atoms with van der Waals surface area (Å²) < 4.78 is 1.86. The number of fused-ring (bicyclic) bond motifs is 1. The van der Waals surface area contributed by atoms with E-state index in [4.69, 9.17) is 5.11 Å². The van der Waals surface area contributed by atoms with Gasteiger partial charge in [0.25, 0.3) is 0 Å². The molecule has 1 N–H and O–H groups in total. The zero-order valence-corrected chi connectivity index (χ0v) is 12.6. The van der Waals surface area contributed by atoms with Crippen LogP contribution in [0.2, 0.25) is 0 Å². The number of hydrogen-bond acceptors (Lipinski definition) is 4. The van der Waals surface area contributed by atoms with Crippen LogP contribution in [-0.4, -0.2) is 25.8 Å². The highest BCUT2D eigenvalue weighted by Crippen LogP contribution is 2.23. The molecule has 21 heavy (non-hydrogen) atoms. The SMILES string of the molecule is Cc1nc2c(cnn2Cc2ccsc2)c(C)c1CC(=O)O. The van der Waals surface area contributed by atoms with Gasteiger partial charge in [-0.3, -0.25) is 4.79 Å². The molecule has 0 bridgehead atoms. The van der Waals surface area contributed by atoms with Gasteiger partial charge in [0.2, 0.25) is 0 Å². The minimum atomic E-state index is -0.840. The lowest BCUT2D eigenvalue weighted by atomic mass is 10.0. The second kappa shape index (κ2) is 5.29. The molecule has 0 amide bonds. The molecule has 3 aromatic rings. The van der Waals surface area contributed by atoms with E-state index < -0.39 is 5.97 Å². The van der Waals surface area contributed by atoms with Gasteiger partial charge in [-0.2, -0.15) is 16.4 Å². The molecule has 0 unspecified atom stereocenters. The van der Waals surface area contributed by atoms with Crippen LogP contribution in [0.3, 0.4) is 0 Å². The van der Waals surface area contributed by atoms with Crippen molar-refractivity contribution in [3.05, 3.63) is 45.4 Å². The molecule has 6 heteroatoms. The van der Waals surface area contributed by atoms with Crippen molar-refractivity contribution in [3.63, 3.8) is 0 Å². The number of rotatable bonds is 4. The lowest BCUT2D eigenvalue weighted by Gasteiger charge is -2.09. The third-order valence-corrected chi connectivity index (χ3v) is 4.35. The van der Waals surface area contributed by atoms with Gasteiger partial charge in [-0.25, -0.2) is 9.67 Å². The van der Waals surface area contributed by atoms with Crippen molar-refractivity contribution < 1.29 is 9.90 Å². The van der Waals surface area contributed by atoms with Crippen molar-refractivity contribution in [1.29, 1.82) is 0 Å². The van der Waals surface area contributed by atoms with Gasteiger partial charge in [-0.05, 0) is 47.4 Å². The molecule has 3 heterocycles. The maximum Gasteiger partial charge on any atom is 0.307 e. The number of carboxylic acids is 1. The molecule has 0 radical (unpaired) electrons. The molecule has 0 aromatic carbocycles. The Morgan fingerprint density at radius 2 is 2.24 bits per heavy atom. The molecule has 0 aliphatic carbocycles. The summed E-state index contributed by atoms with van der Waals surface area (Å²) in [5.74, 6) is -0.840. The van der Waals surface area contributed by atoms with Gasteiger partial charge in [0, 0.05) is 11.1 Å². The highest BCUT2D eigenvalue weighted by Gasteiger charge is 2.15. The first-order valence-electron chi connectivity index (χ1n) is 6.60. The number of pyridine rings is 1. The van der Waals surface area contributed by atoms with Crippen molar-refractivity contribution in [2.75, 3.05) is 0 Å². The van der Waals surface area contributed by atoms with Gasteiger partial charge in [-0.1, -0.05) is 0 Å². The van der Waals surface area contributed by atoms with Crippen LogP contribution in [-0.2, 0) is 17.8 Å². The fourth-order valence-corrected chi connectivity index (χ4v) is 3.16. The average Bonchev–Trinajstić information content (AvgIpc) is 3.06. The number of hydrogen-bond donors (Lipinski definition) is 1. The summed E-state index contributed by atoms with van der Waals surface area (Å²) in [7, 11) is 0. The summed E-state index contributed by atoms with van der Waals surface area (Å²) in [5, 5.41) is 18.5. The molecule has 3 rings (SSSR count). The van der Waals surface area contributed by atoms with Gasteiger partial charge in [0.05, 0.1) is 19.2 Å². The van der Waals surface area contributed by atoms with Crippen LogP contribution >= 0.6 is 11.3 Å². The Morgan fingerprint density at radius 3 is 2.90 bits per heavy atom. The number of nitrogens with zero attached hydrogens (tertiary/aromatic N) is 3. The summed E-state index contributed by atoms with van der Waals surface area (Å²) in [6.07, 6.45) is 1.77. The Morgan fingerprint density at radius 1 is 1.43 bits per heavy atom. The largest absolute Gasteiger partial charge is 0.481 e. The predicted octanol–water partition coefficient (Wildman–Crippen LogP) is 2.79. The number of carboxylic acid groups (broad SMARTS) is 1. The van der Waals surface area contributed by atoms with E-state index >= 15 is 0 Å². The average molecular weight is 301 g/mol. The topological polar surface area (TPSA) is 68.0 Å². The summed E-state index contributed by atoms with van der Waals surface area (Å²) in [6, 6.07) is 2.07. The molecule has 0 saturated heterocycles. The number of aromatic nitrogens is 3. The smallest absolute Gasteiger partial charge is 0.307 e.